The Morgan fingerprint density at radius 1 is 1.11 bits per heavy atom. The minimum Gasteiger partial charge on any atom is -0.493 e. The number of aromatic amines is 2. The summed E-state index contributed by atoms with van der Waals surface area (Å²) in [5.74, 6) is -6.33. The van der Waals surface area contributed by atoms with Crippen LogP contribution < -0.4 is 9.47 Å². The number of rotatable bonds is 8. The summed E-state index contributed by atoms with van der Waals surface area (Å²) in [7, 11) is 20.5. The zero-order valence-corrected chi connectivity index (χ0v) is 28.5. The molecule has 0 aliphatic carbocycles. The van der Waals surface area contributed by atoms with Crippen molar-refractivity contribution in [1.29, 1.82) is 0 Å². The summed E-state index contributed by atoms with van der Waals surface area (Å²) in [5.41, 5.74) is 2.18. The average Bonchev–Trinajstić information content (AvgIpc) is 3.74. The Morgan fingerprint density at radius 3 is 2.40 bits per heavy atom. The molecule has 2 unspecified atom stereocenters. The second kappa shape index (κ2) is 16.7. The van der Waals surface area contributed by atoms with Gasteiger partial charge < -0.3 is 45.0 Å². The number of nitrogens with one attached hydrogen (secondary N) is 2. The Bertz CT molecular complexity index is 2120. The second-order valence-corrected chi connectivity index (χ2v) is 13.2. The van der Waals surface area contributed by atoms with Crippen molar-refractivity contribution in [1.82, 2.24) is 15.0 Å². The van der Waals surface area contributed by atoms with Gasteiger partial charge in [-0.15, -0.1) is 5.11 Å². The van der Waals surface area contributed by atoms with Crippen molar-refractivity contribution in [2.24, 2.45) is 0 Å². The van der Waals surface area contributed by atoms with E-state index in [2.05, 4.69) is 30.6 Å². The molecule has 3 heterocycles. The van der Waals surface area contributed by atoms with E-state index < -0.39 is 73.1 Å². The lowest BCUT2D eigenvalue weighted by Gasteiger charge is -2.26. The van der Waals surface area contributed by atoms with Crippen molar-refractivity contribution >= 4 is 66.9 Å². The maximum absolute atomic E-state index is 15.2. The summed E-state index contributed by atoms with van der Waals surface area (Å²) in [6.45, 7) is 2.44. The van der Waals surface area contributed by atoms with Crippen molar-refractivity contribution in [3.63, 3.8) is 0 Å². The lowest BCUT2D eigenvalue weighted by molar-refractivity contribution is -0.238. The van der Waals surface area contributed by atoms with E-state index in [1.165, 1.54) is 18.3 Å². The smallest absolute Gasteiger partial charge is 0.364 e. The number of H-pyrrole nitrogens is 2. The lowest BCUT2D eigenvalue weighted by Crippen LogP contribution is -2.33. The molecular formula is C32H27B5F3N3O9S. The monoisotopic (exact) mass is 741 g/mol. The van der Waals surface area contributed by atoms with E-state index in [1.54, 1.807) is 6.20 Å². The van der Waals surface area contributed by atoms with Crippen LogP contribution in [0, 0.1) is 24.4 Å². The van der Waals surface area contributed by atoms with Gasteiger partial charge in [-0.2, -0.15) is 4.39 Å². The van der Waals surface area contributed by atoms with Gasteiger partial charge in [0, 0.05) is 41.4 Å². The number of nitrogens with zero attached hydrogens (tertiary/aromatic N) is 1. The first-order chi connectivity index (χ1) is 24.7. The molecule has 1 aliphatic heterocycles. The number of aliphatic hydroxyl groups excluding tert-OH is 1. The van der Waals surface area contributed by atoms with E-state index in [4.69, 9.17) is 43.2 Å². The number of aliphatic carboxylic acids is 1. The lowest BCUT2D eigenvalue weighted by atomic mass is 9.41. The van der Waals surface area contributed by atoms with Gasteiger partial charge >= 0.3 is 11.3 Å². The van der Waals surface area contributed by atoms with Gasteiger partial charge in [0.15, 0.2) is 11.6 Å². The summed E-state index contributed by atoms with van der Waals surface area (Å²) in [6.07, 6.45) is 3.03. The highest BCUT2D eigenvalue weighted by atomic mass is 32.2. The van der Waals surface area contributed by atoms with Crippen LogP contribution in [-0.4, -0.2) is 108 Å². The molecule has 7 N–H and O–H groups in total. The third-order valence-electron chi connectivity index (χ3n) is 7.36. The van der Waals surface area contributed by atoms with Crippen LogP contribution in [0.4, 0.5) is 13.2 Å². The van der Waals surface area contributed by atoms with Crippen molar-refractivity contribution in [3.05, 3.63) is 89.1 Å². The van der Waals surface area contributed by atoms with E-state index in [0.717, 1.165) is 34.7 Å². The maximum Gasteiger partial charge on any atom is 0.364 e. The molecule has 6 rings (SSSR count). The van der Waals surface area contributed by atoms with Gasteiger partial charge in [0.05, 0.1) is 56.9 Å². The maximum atomic E-state index is 15.2. The third-order valence-corrected chi connectivity index (χ3v) is 8.63. The van der Waals surface area contributed by atoms with Gasteiger partial charge in [0.2, 0.25) is 5.82 Å². The number of ether oxygens (including phenoxy) is 2. The fraction of sp³-hybridized carbons (Fsp3) is 0.250. The molecule has 1 aliphatic rings. The number of halogens is 3. The highest BCUT2D eigenvalue weighted by Crippen LogP contribution is 2.42. The van der Waals surface area contributed by atoms with E-state index in [-0.39, 0.29) is 28.4 Å². The number of para-hydroxylation sites is 1. The zero-order chi connectivity index (χ0) is 39.4. The number of carboxylic acid groups (broad SMARTS) is 1. The van der Waals surface area contributed by atoms with Crippen LogP contribution in [0.15, 0.2) is 59.8 Å². The predicted molar refractivity (Wildman–Crippen MR) is 191 cm³/mol. The molecular weight excluding hydrogens is 713 g/mol. The Labute approximate surface area is 309 Å². The minimum absolute atomic E-state index is 0.0580. The van der Waals surface area contributed by atoms with Crippen molar-refractivity contribution in [2.45, 2.75) is 46.9 Å². The number of hydrogen-bond acceptors (Lipinski definition) is 9. The predicted octanol–water partition coefficient (Wildman–Crippen LogP) is 2.33. The van der Waals surface area contributed by atoms with Gasteiger partial charge in [0.25, 0.3) is 0 Å². The zero-order valence-electron chi connectivity index (χ0n) is 27.7. The highest BCUT2D eigenvalue weighted by Gasteiger charge is 2.37. The van der Waals surface area contributed by atoms with Gasteiger partial charge in [-0.3, -0.25) is 4.79 Å². The van der Waals surface area contributed by atoms with Gasteiger partial charge in [-0.25, -0.2) is 18.0 Å². The first kappa shape index (κ1) is 41.3. The number of hydrogen-bond donors (Lipinski definition) is 7. The van der Waals surface area contributed by atoms with Crippen LogP contribution in [0.1, 0.15) is 35.6 Å². The number of aryl methyl sites for hydroxylation is 1. The largest absolute Gasteiger partial charge is 0.493 e. The molecule has 53 heavy (non-hydrogen) atoms. The number of benzene rings is 3. The molecule has 3 aromatic carbocycles. The van der Waals surface area contributed by atoms with E-state index >= 15 is 4.39 Å². The number of carboxylic acids is 1. The molecule has 0 bridgehead atoms. The summed E-state index contributed by atoms with van der Waals surface area (Å²) in [5, 5.41) is 38.7. The van der Waals surface area contributed by atoms with Crippen molar-refractivity contribution in [2.75, 3.05) is 6.61 Å². The van der Waals surface area contributed by atoms with Gasteiger partial charge in [-0.05, 0) is 49.1 Å². The van der Waals surface area contributed by atoms with Crippen molar-refractivity contribution < 1.29 is 57.2 Å². The van der Waals surface area contributed by atoms with E-state index in [1.807, 2.05) is 25.1 Å². The first-order valence-corrected chi connectivity index (χ1v) is 16.4. The summed E-state index contributed by atoms with van der Waals surface area (Å²) in [4.78, 5) is 18.9. The molecule has 21 heteroatoms. The average molecular weight is 741 g/mol. The molecule has 0 saturated carbocycles. The molecule has 0 saturated heterocycles. The molecule has 10 radical (unpaired) electrons. The molecule has 5 aromatic rings. The molecule has 0 amide bonds. The Morgan fingerprint density at radius 2 is 1.79 bits per heavy atom. The normalized spacial score (nSPS) is 14.6. The van der Waals surface area contributed by atoms with Crippen molar-refractivity contribution in [3.8, 4) is 28.6 Å². The summed E-state index contributed by atoms with van der Waals surface area (Å²) < 4.78 is 69.1. The Kier molecular flexibility index (Phi) is 13.0. The van der Waals surface area contributed by atoms with Crippen LogP contribution in [0.3, 0.4) is 0 Å². The fourth-order valence-corrected chi connectivity index (χ4v) is 6.21. The Balaban J connectivity index is 0.000000454. The van der Waals surface area contributed by atoms with Crippen LogP contribution in [0.5, 0.6) is 17.2 Å². The standard InChI is InChI=1S/C28H22F3N3O6S.C3H3B3O2.CH2B2O/c1-13-3-2-4-16-15(8-10-39-24(13)16)20-12-33-27(34-20)18-11-14(5-6-19(18)29)40-25-22(31)21(30)23-17(7-9-32-23)26(25)41(38)28(35,36)37;4-3(5,6)1-2(7)8;2-1(3)4/h2-7,9,11-12,15,32,35-37H,8,10H2,1H3,(H,33,34);1H2,(H,7,8);1,4H. The summed E-state index contributed by atoms with van der Waals surface area (Å²) >= 11 is 0. The number of imidazole rings is 1. The minimum atomic E-state index is -3.80. The number of aliphatic hydroxyl groups is 4. The quantitative estimate of drug-likeness (QED) is 0.0916. The third kappa shape index (κ3) is 10.2. The van der Waals surface area contributed by atoms with Crippen LogP contribution in [0.25, 0.3) is 22.3 Å². The van der Waals surface area contributed by atoms with Crippen LogP contribution in [-0.2, 0) is 15.6 Å². The molecule has 0 spiro atoms. The molecule has 0 fully saturated rings. The van der Waals surface area contributed by atoms with E-state index in [9.17, 15) is 33.1 Å². The molecule has 2 aromatic heterocycles. The van der Waals surface area contributed by atoms with Crippen LogP contribution >= 0.6 is 0 Å². The SMILES string of the molecule is Cc1cccc2c1OCCC2c1cnc(-c2cc(Oc3c(F)c(F)c4[nH]ccc4c3S(=O)C(O)(O)O)ccc2F)[nH]1.[B]C([B])([B])CC(=O)O.[B]C([B])O. The fourth-order valence-electron chi connectivity index (χ4n) is 5.27. The first-order valence-electron chi connectivity index (χ1n) is 15.3. The molecule has 12 nitrogen and oxygen atoms in total. The molecule has 2 atom stereocenters. The number of aromatic nitrogens is 3. The highest BCUT2D eigenvalue weighted by molar-refractivity contribution is 7.86. The topological polar surface area (TPSA) is 198 Å². The van der Waals surface area contributed by atoms with Gasteiger partial charge in [0.1, 0.15) is 38.8 Å². The molecule has 266 valence electrons. The van der Waals surface area contributed by atoms with Crippen LogP contribution in [0.2, 0.25) is 5.11 Å². The summed E-state index contributed by atoms with van der Waals surface area (Å²) in [6, 6.07) is 10.3. The number of carbonyl (C=O) groups is 1. The Hall–Kier alpha value is -4.42. The van der Waals surface area contributed by atoms with E-state index in [0.29, 0.717) is 13.0 Å². The second-order valence-electron chi connectivity index (χ2n) is 11.7. The number of fused-ring (bicyclic) bond motifs is 2. The van der Waals surface area contributed by atoms with Gasteiger partial charge in [-0.1, -0.05) is 18.2 Å².